The molecule has 4 nitrogen and oxygen atoms in total. The Morgan fingerprint density at radius 3 is 2.67 bits per heavy atom. The van der Waals surface area contributed by atoms with Crippen molar-refractivity contribution in [3.05, 3.63) is 53.6 Å². The zero-order valence-corrected chi connectivity index (χ0v) is 14.8. The molecule has 0 aliphatic rings. The molecule has 0 spiro atoms. The van der Waals surface area contributed by atoms with Gasteiger partial charge in [0.2, 0.25) is 5.91 Å². The maximum Gasteiger partial charge on any atom is 0.243 e. The minimum atomic E-state index is -0.0873. The zero-order valence-electron chi connectivity index (χ0n) is 14.8. The number of hydrogen-bond acceptors (Lipinski definition) is 3. The van der Waals surface area contributed by atoms with E-state index in [1.165, 1.54) is 5.56 Å². The van der Waals surface area contributed by atoms with E-state index >= 15 is 0 Å². The minimum Gasteiger partial charge on any atom is -0.491 e. The highest BCUT2D eigenvalue weighted by atomic mass is 16.5. The molecule has 0 heterocycles. The number of benzene rings is 2. The summed E-state index contributed by atoms with van der Waals surface area (Å²) in [5, 5.41) is 6.07. The summed E-state index contributed by atoms with van der Waals surface area (Å²) in [5.74, 6) is 0.681. The SMILES string of the molecule is CCC(C)Oc1cccc(NC(=O)CNc2ccc(C)cc2C)c1. The van der Waals surface area contributed by atoms with Crippen LogP contribution in [-0.4, -0.2) is 18.6 Å². The van der Waals surface area contributed by atoms with E-state index in [9.17, 15) is 4.79 Å². The van der Waals surface area contributed by atoms with Gasteiger partial charge in [-0.15, -0.1) is 0 Å². The van der Waals surface area contributed by atoms with Gasteiger partial charge in [-0.2, -0.15) is 0 Å². The summed E-state index contributed by atoms with van der Waals surface area (Å²) in [7, 11) is 0. The summed E-state index contributed by atoms with van der Waals surface area (Å²) in [5.41, 5.74) is 4.06. The van der Waals surface area contributed by atoms with Crippen molar-refractivity contribution in [1.29, 1.82) is 0 Å². The predicted octanol–water partition coefficient (Wildman–Crippen LogP) is 4.53. The van der Waals surface area contributed by atoms with Crippen LogP contribution in [0.5, 0.6) is 5.75 Å². The van der Waals surface area contributed by atoms with Gasteiger partial charge in [0.15, 0.2) is 0 Å². The molecule has 0 saturated carbocycles. The smallest absolute Gasteiger partial charge is 0.243 e. The van der Waals surface area contributed by atoms with Crippen molar-refractivity contribution in [2.45, 2.75) is 40.2 Å². The van der Waals surface area contributed by atoms with Gasteiger partial charge < -0.3 is 15.4 Å². The number of ether oxygens (including phenoxy) is 1. The average molecular weight is 326 g/mol. The predicted molar refractivity (Wildman–Crippen MR) is 99.9 cm³/mol. The van der Waals surface area contributed by atoms with Gasteiger partial charge >= 0.3 is 0 Å². The van der Waals surface area contributed by atoms with Crippen LogP contribution in [0.1, 0.15) is 31.4 Å². The largest absolute Gasteiger partial charge is 0.491 e. The Morgan fingerprint density at radius 2 is 1.96 bits per heavy atom. The summed E-state index contributed by atoms with van der Waals surface area (Å²) in [6.07, 6.45) is 1.10. The lowest BCUT2D eigenvalue weighted by atomic mass is 10.1. The second kappa shape index (κ2) is 8.39. The van der Waals surface area contributed by atoms with E-state index in [1.54, 1.807) is 0 Å². The second-order valence-corrected chi connectivity index (χ2v) is 6.08. The monoisotopic (exact) mass is 326 g/mol. The summed E-state index contributed by atoms with van der Waals surface area (Å²) in [6, 6.07) is 13.6. The van der Waals surface area contributed by atoms with E-state index < -0.39 is 0 Å². The maximum absolute atomic E-state index is 12.1. The number of hydrogen-bond donors (Lipinski definition) is 2. The fraction of sp³-hybridized carbons (Fsp3) is 0.350. The molecule has 0 aliphatic carbocycles. The molecule has 0 fully saturated rings. The Bertz CT molecular complexity index is 698. The normalized spacial score (nSPS) is 11.7. The molecule has 2 aromatic carbocycles. The highest BCUT2D eigenvalue weighted by Crippen LogP contribution is 2.19. The Hall–Kier alpha value is -2.49. The molecular formula is C20H26N2O2. The van der Waals surface area contributed by atoms with Gasteiger partial charge in [0.05, 0.1) is 12.6 Å². The molecule has 2 N–H and O–H groups in total. The molecule has 0 saturated heterocycles. The van der Waals surface area contributed by atoms with Crippen LogP contribution in [0.15, 0.2) is 42.5 Å². The summed E-state index contributed by atoms with van der Waals surface area (Å²) < 4.78 is 5.78. The third-order valence-corrected chi connectivity index (χ3v) is 3.85. The number of carbonyl (C=O) groups is 1. The molecule has 24 heavy (non-hydrogen) atoms. The van der Waals surface area contributed by atoms with Crippen LogP contribution >= 0.6 is 0 Å². The fourth-order valence-corrected chi connectivity index (χ4v) is 2.36. The van der Waals surface area contributed by atoms with Crippen molar-refractivity contribution in [3.63, 3.8) is 0 Å². The first-order chi connectivity index (χ1) is 11.5. The van der Waals surface area contributed by atoms with Crippen molar-refractivity contribution in [1.82, 2.24) is 0 Å². The fourth-order valence-electron chi connectivity index (χ4n) is 2.36. The lowest BCUT2D eigenvalue weighted by Crippen LogP contribution is -2.22. The van der Waals surface area contributed by atoms with Crippen LogP contribution in [0.25, 0.3) is 0 Å². The number of rotatable bonds is 7. The molecule has 1 atom stereocenters. The molecule has 2 rings (SSSR count). The molecule has 128 valence electrons. The van der Waals surface area contributed by atoms with Crippen molar-refractivity contribution >= 4 is 17.3 Å². The van der Waals surface area contributed by atoms with Gasteiger partial charge in [-0.05, 0) is 51.0 Å². The van der Waals surface area contributed by atoms with Crippen LogP contribution in [0.3, 0.4) is 0 Å². The van der Waals surface area contributed by atoms with Gasteiger partial charge in [-0.1, -0.05) is 30.7 Å². The number of aryl methyl sites for hydroxylation is 2. The number of carbonyl (C=O) groups excluding carboxylic acids is 1. The molecule has 1 amide bonds. The quantitative estimate of drug-likeness (QED) is 0.786. The zero-order chi connectivity index (χ0) is 17.5. The first-order valence-corrected chi connectivity index (χ1v) is 8.35. The standard InChI is InChI=1S/C20H26N2O2/c1-5-16(4)24-18-8-6-7-17(12-18)22-20(23)13-21-19-10-9-14(2)11-15(19)3/h6-12,16,21H,5,13H2,1-4H3,(H,22,23). The second-order valence-electron chi connectivity index (χ2n) is 6.08. The summed E-state index contributed by atoms with van der Waals surface area (Å²) in [4.78, 5) is 12.1. The Labute approximate surface area is 144 Å². The van der Waals surface area contributed by atoms with E-state index in [4.69, 9.17) is 4.74 Å². The topological polar surface area (TPSA) is 50.4 Å². The number of anilines is 2. The molecule has 1 unspecified atom stereocenters. The molecule has 0 bridgehead atoms. The molecular weight excluding hydrogens is 300 g/mol. The van der Waals surface area contributed by atoms with Crippen molar-refractivity contribution in [2.24, 2.45) is 0 Å². The summed E-state index contributed by atoms with van der Waals surface area (Å²) in [6.45, 7) is 8.41. The van der Waals surface area contributed by atoms with Crippen LogP contribution in [0.2, 0.25) is 0 Å². The molecule has 4 heteroatoms. The van der Waals surface area contributed by atoms with Crippen molar-refractivity contribution < 1.29 is 9.53 Å². The van der Waals surface area contributed by atoms with Gasteiger partial charge in [0.1, 0.15) is 5.75 Å². The highest BCUT2D eigenvalue weighted by Gasteiger charge is 2.06. The Morgan fingerprint density at radius 1 is 1.17 bits per heavy atom. The summed E-state index contributed by atoms with van der Waals surface area (Å²) >= 11 is 0. The molecule has 0 radical (unpaired) electrons. The van der Waals surface area contributed by atoms with E-state index in [2.05, 4.69) is 30.5 Å². The first kappa shape index (κ1) is 17.9. The van der Waals surface area contributed by atoms with Crippen molar-refractivity contribution in [2.75, 3.05) is 17.2 Å². The van der Waals surface area contributed by atoms with Gasteiger partial charge in [0, 0.05) is 17.4 Å². The van der Waals surface area contributed by atoms with Gasteiger partial charge in [-0.25, -0.2) is 0 Å². The van der Waals surface area contributed by atoms with Gasteiger partial charge in [0.25, 0.3) is 0 Å². The first-order valence-electron chi connectivity index (χ1n) is 8.35. The average Bonchev–Trinajstić information content (AvgIpc) is 2.54. The Balaban J connectivity index is 1.91. The highest BCUT2D eigenvalue weighted by molar-refractivity contribution is 5.94. The third kappa shape index (κ3) is 5.30. The van der Waals surface area contributed by atoms with E-state index in [0.717, 1.165) is 29.1 Å². The number of nitrogens with one attached hydrogen (secondary N) is 2. The Kier molecular flexibility index (Phi) is 6.24. The van der Waals surface area contributed by atoms with Gasteiger partial charge in [-0.3, -0.25) is 4.79 Å². The molecule has 0 aliphatic heterocycles. The third-order valence-electron chi connectivity index (χ3n) is 3.85. The van der Waals surface area contributed by atoms with Crippen LogP contribution in [0, 0.1) is 13.8 Å². The van der Waals surface area contributed by atoms with Crippen LogP contribution in [0.4, 0.5) is 11.4 Å². The molecule has 2 aromatic rings. The number of amides is 1. The van der Waals surface area contributed by atoms with Crippen LogP contribution < -0.4 is 15.4 Å². The lowest BCUT2D eigenvalue weighted by Gasteiger charge is -2.14. The lowest BCUT2D eigenvalue weighted by molar-refractivity contribution is -0.114. The van der Waals surface area contributed by atoms with E-state index in [-0.39, 0.29) is 18.6 Å². The minimum absolute atomic E-state index is 0.0873. The van der Waals surface area contributed by atoms with Crippen molar-refractivity contribution in [3.8, 4) is 5.75 Å². The van der Waals surface area contributed by atoms with E-state index in [0.29, 0.717) is 0 Å². The molecule has 0 aromatic heterocycles. The maximum atomic E-state index is 12.1. The van der Waals surface area contributed by atoms with E-state index in [1.807, 2.05) is 50.2 Å². The van der Waals surface area contributed by atoms with Crippen LogP contribution in [-0.2, 0) is 4.79 Å².